The van der Waals surface area contributed by atoms with Crippen molar-refractivity contribution in [3.63, 3.8) is 0 Å². The molecule has 3 rings (SSSR count). The number of ether oxygens (including phenoxy) is 1. The Kier molecular flexibility index (Phi) is 16.2. The molecule has 0 atom stereocenters. The number of piperidine rings is 1. The minimum atomic E-state index is 0.0439. The topological polar surface area (TPSA) is 58.6 Å². The van der Waals surface area contributed by atoms with E-state index in [1.807, 2.05) is 43.8 Å². The van der Waals surface area contributed by atoms with Gasteiger partial charge in [-0.15, -0.1) is 0 Å². The van der Waals surface area contributed by atoms with Crippen molar-refractivity contribution >= 4 is 5.91 Å². The highest BCUT2D eigenvalue weighted by Crippen LogP contribution is 2.26. The van der Waals surface area contributed by atoms with Crippen LogP contribution in [0.4, 0.5) is 0 Å². The second-order valence-corrected chi connectivity index (χ2v) is 8.97. The van der Waals surface area contributed by atoms with Crippen LogP contribution in [0, 0.1) is 18.8 Å². The minimum absolute atomic E-state index is 0.0439. The van der Waals surface area contributed by atoms with E-state index in [-0.39, 0.29) is 5.91 Å². The summed E-state index contributed by atoms with van der Waals surface area (Å²) in [7, 11) is 5.66. The maximum atomic E-state index is 12.5. The fourth-order valence-corrected chi connectivity index (χ4v) is 2.68. The summed E-state index contributed by atoms with van der Waals surface area (Å²) in [6.07, 6.45) is 6.39. The van der Waals surface area contributed by atoms with Gasteiger partial charge >= 0.3 is 0 Å². The Morgan fingerprint density at radius 2 is 1.55 bits per heavy atom. The number of carbonyl (C=O) groups excluding carboxylic acids is 1. The normalized spacial score (nSPS) is 15.7. The van der Waals surface area contributed by atoms with E-state index in [1.54, 1.807) is 7.11 Å². The molecule has 1 aromatic rings. The van der Waals surface area contributed by atoms with Gasteiger partial charge in [0.15, 0.2) is 0 Å². The van der Waals surface area contributed by atoms with Gasteiger partial charge in [0.2, 0.25) is 0 Å². The Bertz CT molecular complexity index is 593. The first kappa shape index (κ1) is 29.5. The van der Waals surface area contributed by atoms with Crippen LogP contribution < -0.4 is 0 Å². The third-order valence-electron chi connectivity index (χ3n) is 4.81. The van der Waals surface area contributed by atoms with E-state index in [1.165, 1.54) is 19.3 Å². The average Bonchev–Trinajstić information content (AvgIpc) is 3.50. The van der Waals surface area contributed by atoms with Gasteiger partial charge in [-0.3, -0.25) is 4.79 Å². The molecule has 31 heavy (non-hydrogen) atoms. The maximum absolute atomic E-state index is 12.5. The van der Waals surface area contributed by atoms with Crippen LogP contribution in [0.15, 0.2) is 6.07 Å². The molecule has 1 aromatic heterocycles. The number of likely N-dealkylation sites (tertiary alicyclic amines) is 1. The van der Waals surface area contributed by atoms with Crippen molar-refractivity contribution in [3.05, 3.63) is 23.3 Å². The van der Waals surface area contributed by atoms with E-state index in [2.05, 4.69) is 42.4 Å². The van der Waals surface area contributed by atoms with E-state index >= 15 is 0 Å². The largest absolute Gasteiger partial charge is 0.385 e. The number of aryl methyl sites for hydroxylation is 1. The third-order valence-corrected chi connectivity index (χ3v) is 4.81. The van der Waals surface area contributed by atoms with Crippen molar-refractivity contribution in [2.75, 3.05) is 40.9 Å². The Morgan fingerprint density at radius 1 is 1.06 bits per heavy atom. The van der Waals surface area contributed by atoms with E-state index in [0.29, 0.717) is 11.5 Å². The van der Waals surface area contributed by atoms with Gasteiger partial charge < -0.3 is 14.5 Å². The second-order valence-electron chi connectivity index (χ2n) is 8.97. The van der Waals surface area contributed by atoms with Crippen molar-refractivity contribution in [2.24, 2.45) is 11.8 Å². The van der Waals surface area contributed by atoms with Gasteiger partial charge in [-0.05, 0) is 58.7 Å². The predicted molar refractivity (Wildman–Crippen MR) is 130 cm³/mol. The monoisotopic (exact) mass is 436 g/mol. The van der Waals surface area contributed by atoms with Crippen LogP contribution in [0.1, 0.15) is 88.7 Å². The molecule has 0 N–H and O–H groups in total. The highest BCUT2D eigenvalue weighted by Gasteiger charge is 2.23. The number of rotatable bonds is 4. The molecule has 180 valence electrons. The first-order valence-electron chi connectivity index (χ1n) is 12.0. The van der Waals surface area contributed by atoms with E-state index in [9.17, 15) is 4.79 Å². The van der Waals surface area contributed by atoms with Crippen molar-refractivity contribution in [1.29, 1.82) is 0 Å². The number of amides is 1. The highest BCUT2D eigenvalue weighted by molar-refractivity contribution is 5.92. The number of hydrogen-bond donors (Lipinski definition) is 0. The fraction of sp³-hybridized carbons (Fsp3) is 0.800. The zero-order chi connectivity index (χ0) is 23.8. The highest BCUT2D eigenvalue weighted by atomic mass is 16.5. The quantitative estimate of drug-likeness (QED) is 0.649. The van der Waals surface area contributed by atoms with Gasteiger partial charge in [0.1, 0.15) is 11.5 Å². The van der Waals surface area contributed by atoms with E-state index < -0.39 is 0 Å². The zero-order valence-electron chi connectivity index (χ0n) is 21.7. The molecule has 2 heterocycles. The Balaban J connectivity index is 0.000000672. The number of carbonyl (C=O) groups is 1. The average molecular weight is 437 g/mol. The standard InChI is InChI=1S/C15H24N4O.C4H8.C3H8O.C3H8/c1-11-5-7-19(8-6-11)15(20)14-9-13(10-18(3)4)16-12(2)17-14;1-4-2-3-4;1-3-4-2;1-3-2/h9,11H,5-8,10H2,1-4H3;4H,2-3H2,1H3;3H2,1-2H3;3H2,1-2H3. The molecule has 1 saturated carbocycles. The van der Waals surface area contributed by atoms with Gasteiger partial charge in [-0.2, -0.15) is 0 Å². The van der Waals surface area contributed by atoms with Crippen molar-refractivity contribution in [3.8, 4) is 0 Å². The molecule has 1 aliphatic heterocycles. The van der Waals surface area contributed by atoms with Crippen LogP contribution in [0.3, 0.4) is 0 Å². The summed E-state index contributed by atoms with van der Waals surface area (Å²) in [5.74, 6) is 2.51. The molecular weight excluding hydrogens is 388 g/mol. The van der Waals surface area contributed by atoms with E-state index in [4.69, 9.17) is 0 Å². The number of aromatic nitrogens is 2. The summed E-state index contributed by atoms with van der Waals surface area (Å²) in [6, 6.07) is 1.83. The summed E-state index contributed by atoms with van der Waals surface area (Å²) in [5, 5.41) is 0. The molecular formula is C25H48N4O2. The van der Waals surface area contributed by atoms with Crippen LogP contribution >= 0.6 is 0 Å². The third kappa shape index (κ3) is 15.0. The molecule has 0 radical (unpaired) electrons. The molecule has 2 fully saturated rings. The fourth-order valence-electron chi connectivity index (χ4n) is 2.68. The SMILES string of the molecule is CC1CC1.CCC.CCOC.Cc1nc(CN(C)C)cc(C(=O)N2CCC(C)CC2)n1. The first-order chi connectivity index (χ1) is 14.7. The minimum Gasteiger partial charge on any atom is -0.385 e. The summed E-state index contributed by atoms with van der Waals surface area (Å²) in [5.41, 5.74) is 1.43. The summed E-state index contributed by atoms with van der Waals surface area (Å²) >= 11 is 0. The van der Waals surface area contributed by atoms with Gasteiger partial charge in [0, 0.05) is 33.4 Å². The molecule has 2 aliphatic rings. The Hall–Kier alpha value is -1.53. The number of methoxy groups -OCH3 is 1. The van der Waals surface area contributed by atoms with Crippen LogP contribution in [-0.2, 0) is 11.3 Å². The predicted octanol–water partition coefficient (Wildman–Crippen LogP) is 5.20. The Morgan fingerprint density at radius 3 is 1.94 bits per heavy atom. The van der Waals surface area contributed by atoms with Crippen LogP contribution in [-0.4, -0.2) is 66.6 Å². The smallest absolute Gasteiger partial charge is 0.272 e. The lowest BCUT2D eigenvalue weighted by Crippen LogP contribution is -2.38. The van der Waals surface area contributed by atoms with Gasteiger partial charge in [0.05, 0.1) is 5.69 Å². The summed E-state index contributed by atoms with van der Waals surface area (Å²) in [4.78, 5) is 25.2. The number of nitrogens with zero attached hydrogens (tertiary/aromatic N) is 4. The molecule has 0 unspecified atom stereocenters. The van der Waals surface area contributed by atoms with Crippen LogP contribution in [0.25, 0.3) is 0 Å². The molecule has 1 amide bonds. The molecule has 1 aliphatic carbocycles. The number of hydrogen-bond acceptors (Lipinski definition) is 5. The van der Waals surface area contributed by atoms with Crippen molar-refractivity contribution in [2.45, 2.75) is 80.2 Å². The van der Waals surface area contributed by atoms with Crippen molar-refractivity contribution < 1.29 is 9.53 Å². The van der Waals surface area contributed by atoms with Gasteiger partial charge in [-0.1, -0.05) is 47.0 Å². The summed E-state index contributed by atoms with van der Waals surface area (Å²) in [6.45, 7) is 15.8. The molecule has 6 heteroatoms. The zero-order valence-corrected chi connectivity index (χ0v) is 21.7. The van der Waals surface area contributed by atoms with Crippen LogP contribution in [0.5, 0.6) is 0 Å². The Labute approximate surface area is 191 Å². The van der Waals surface area contributed by atoms with Gasteiger partial charge in [0.25, 0.3) is 5.91 Å². The lowest BCUT2D eigenvalue weighted by molar-refractivity contribution is 0.0690. The van der Waals surface area contributed by atoms with Gasteiger partial charge in [-0.25, -0.2) is 9.97 Å². The molecule has 0 bridgehead atoms. The molecule has 1 saturated heterocycles. The molecule has 6 nitrogen and oxygen atoms in total. The molecule has 0 aromatic carbocycles. The van der Waals surface area contributed by atoms with Crippen LogP contribution in [0.2, 0.25) is 0 Å². The maximum Gasteiger partial charge on any atom is 0.272 e. The lowest BCUT2D eigenvalue weighted by Gasteiger charge is -2.30. The second kappa shape index (κ2) is 17.1. The summed E-state index contributed by atoms with van der Waals surface area (Å²) < 4.78 is 4.54. The van der Waals surface area contributed by atoms with E-state index in [0.717, 1.165) is 56.6 Å². The lowest BCUT2D eigenvalue weighted by atomic mass is 9.99. The molecule has 0 spiro atoms. The first-order valence-corrected chi connectivity index (χ1v) is 12.0. The van der Waals surface area contributed by atoms with Crippen molar-refractivity contribution in [1.82, 2.24) is 19.8 Å².